The molecule has 8 heteroatoms. The molecule has 5 rings (SSSR count). The molecule has 29 heavy (non-hydrogen) atoms. The number of benzene rings is 1. The van der Waals surface area contributed by atoms with Crippen molar-refractivity contribution in [1.82, 2.24) is 10.5 Å². The van der Waals surface area contributed by atoms with Gasteiger partial charge in [0.1, 0.15) is 17.2 Å². The number of hydrogen-bond acceptors (Lipinski definition) is 5. The molecule has 0 amide bonds. The standard InChI is InChI=1S/C21H23F3N2O3/c22-21(23,24)28-18-4-2-1-3-16(18)19-17(20(29-26-19)12-5-6-12)11-27-15-9-13-7-8-14(10-15)25-13/h1-4,12-15,25H,5-11H2/t13-,14+,15?. The van der Waals surface area contributed by atoms with Crippen LogP contribution in [-0.2, 0) is 11.3 Å². The maximum atomic E-state index is 12.9. The molecule has 0 radical (unpaired) electrons. The molecule has 1 saturated carbocycles. The first-order chi connectivity index (χ1) is 14.0. The van der Waals surface area contributed by atoms with Crippen molar-refractivity contribution in [2.75, 3.05) is 0 Å². The summed E-state index contributed by atoms with van der Waals surface area (Å²) in [7, 11) is 0. The summed E-state index contributed by atoms with van der Waals surface area (Å²) in [4.78, 5) is 0. The monoisotopic (exact) mass is 408 g/mol. The highest BCUT2D eigenvalue weighted by atomic mass is 19.4. The summed E-state index contributed by atoms with van der Waals surface area (Å²) < 4.78 is 54.6. The van der Waals surface area contributed by atoms with Gasteiger partial charge < -0.3 is 19.3 Å². The van der Waals surface area contributed by atoms with Crippen molar-refractivity contribution in [3.8, 4) is 17.0 Å². The van der Waals surface area contributed by atoms with Crippen LogP contribution in [0.3, 0.4) is 0 Å². The van der Waals surface area contributed by atoms with Crippen LogP contribution in [0.1, 0.15) is 55.8 Å². The Morgan fingerprint density at radius 1 is 1.07 bits per heavy atom. The van der Waals surface area contributed by atoms with Crippen molar-refractivity contribution in [3.63, 3.8) is 0 Å². The molecule has 3 heterocycles. The lowest BCUT2D eigenvalue weighted by atomic mass is 10.0. The summed E-state index contributed by atoms with van der Waals surface area (Å²) in [6.45, 7) is 0.287. The van der Waals surface area contributed by atoms with Crippen molar-refractivity contribution >= 4 is 0 Å². The number of nitrogens with zero attached hydrogens (tertiary/aromatic N) is 1. The Hall–Kier alpha value is -2.06. The second-order valence-electron chi connectivity index (χ2n) is 8.23. The van der Waals surface area contributed by atoms with E-state index in [2.05, 4.69) is 15.2 Å². The Balaban J connectivity index is 1.41. The zero-order chi connectivity index (χ0) is 20.0. The molecule has 1 N–H and O–H groups in total. The second kappa shape index (κ2) is 7.32. The van der Waals surface area contributed by atoms with Gasteiger partial charge in [0.25, 0.3) is 0 Å². The highest BCUT2D eigenvalue weighted by molar-refractivity contribution is 5.70. The van der Waals surface area contributed by atoms with Crippen LogP contribution in [0.25, 0.3) is 11.3 Å². The third-order valence-corrected chi connectivity index (χ3v) is 6.03. The van der Waals surface area contributed by atoms with Crippen molar-refractivity contribution in [3.05, 3.63) is 35.6 Å². The zero-order valence-electron chi connectivity index (χ0n) is 15.9. The van der Waals surface area contributed by atoms with Crippen LogP contribution in [0.4, 0.5) is 13.2 Å². The van der Waals surface area contributed by atoms with E-state index < -0.39 is 6.36 Å². The first-order valence-electron chi connectivity index (χ1n) is 10.2. The molecule has 2 aromatic rings. The number of ether oxygens (including phenoxy) is 2. The summed E-state index contributed by atoms with van der Waals surface area (Å²) >= 11 is 0. The Morgan fingerprint density at radius 3 is 2.48 bits per heavy atom. The van der Waals surface area contributed by atoms with Gasteiger partial charge in [0, 0.05) is 29.1 Å². The van der Waals surface area contributed by atoms with E-state index in [0.29, 0.717) is 17.8 Å². The van der Waals surface area contributed by atoms with Gasteiger partial charge in [0.2, 0.25) is 0 Å². The molecule has 2 bridgehead atoms. The van der Waals surface area contributed by atoms with E-state index >= 15 is 0 Å². The minimum absolute atomic E-state index is 0.144. The minimum atomic E-state index is -4.77. The number of nitrogens with one attached hydrogen (secondary N) is 1. The van der Waals surface area contributed by atoms with Gasteiger partial charge in [-0.1, -0.05) is 17.3 Å². The van der Waals surface area contributed by atoms with Crippen LogP contribution in [0.15, 0.2) is 28.8 Å². The Labute approximate surface area is 166 Å². The van der Waals surface area contributed by atoms with E-state index in [9.17, 15) is 13.2 Å². The van der Waals surface area contributed by atoms with E-state index in [1.54, 1.807) is 12.1 Å². The number of para-hydroxylation sites is 1. The molecular weight excluding hydrogens is 385 g/mol. The number of halogens is 3. The zero-order valence-corrected chi connectivity index (χ0v) is 15.9. The molecular formula is C21H23F3N2O3. The number of rotatable bonds is 6. The van der Waals surface area contributed by atoms with E-state index in [-0.39, 0.29) is 29.9 Å². The topological polar surface area (TPSA) is 56.5 Å². The van der Waals surface area contributed by atoms with Crippen molar-refractivity contribution in [2.45, 2.75) is 75.6 Å². The second-order valence-corrected chi connectivity index (χ2v) is 8.23. The summed E-state index contributed by atoms with van der Waals surface area (Å²) in [5.41, 5.74) is 1.39. The van der Waals surface area contributed by atoms with Crippen molar-refractivity contribution in [1.29, 1.82) is 0 Å². The molecule has 2 aliphatic heterocycles. The largest absolute Gasteiger partial charge is 0.573 e. The molecule has 3 aliphatic rings. The van der Waals surface area contributed by atoms with Crippen LogP contribution in [-0.4, -0.2) is 29.7 Å². The summed E-state index contributed by atoms with van der Waals surface area (Å²) in [6, 6.07) is 7.05. The Morgan fingerprint density at radius 2 is 1.79 bits per heavy atom. The third kappa shape index (κ3) is 4.14. The van der Waals surface area contributed by atoms with E-state index in [1.165, 1.54) is 25.0 Å². The smallest absolute Gasteiger partial charge is 0.405 e. The van der Waals surface area contributed by atoms with Crippen LogP contribution in [0, 0.1) is 0 Å². The van der Waals surface area contributed by atoms with Crippen molar-refractivity contribution in [2.24, 2.45) is 0 Å². The van der Waals surface area contributed by atoms with Gasteiger partial charge in [-0.2, -0.15) is 0 Å². The summed E-state index contributed by atoms with van der Waals surface area (Å²) in [5.74, 6) is 0.727. The third-order valence-electron chi connectivity index (χ3n) is 6.03. The van der Waals surface area contributed by atoms with Gasteiger partial charge in [-0.05, 0) is 50.7 Å². The quantitative estimate of drug-likeness (QED) is 0.736. The predicted octanol–water partition coefficient (Wildman–Crippen LogP) is 4.92. The van der Waals surface area contributed by atoms with Crippen LogP contribution >= 0.6 is 0 Å². The number of hydrogen-bond donors (Lipinski definition) is 1. The molecule has 3 atom stereocenters. The Kier molecular flexibility index (Phi) is 4.78. The fraction of sp³-hybridized carbons (Fsp3) is 0.571. The maximum absolute atomic E-state index is 12.9. The lowest BCUT2D eigenvalue weighted by Gasteiger charge is -2.29. The molecule has 3 fully saturated rings. The van der Waals surface area contributed by atoms with E-state index in [0.717, 1.165) is 37.0 Å². The molecule has 1 unspecified atom stereocenters. The molecule has 1 aromatic carbocycles. The first kappa shape index (κ1) is 18.9. The van der Waals surface area contributed by atoms with Gasteiger partial charge in [0.05, 0.1) is 12.7 Å². The number of fused-ring (bicyclic) bond motifs is 2. The van der Waals surface area contributed by atoms with Gasteiger partial charge in [-0.3, -0.25) is 0 Å². The van der Waals surface area contributed by atoms with Gasteiger partial charge >= 0.3 is 6.36 Å². The first-order valence-corrected chi connectivity index (χ1v) is 10.2. The molecule has 2 saturated heterocycles. The SMILES string of the molecule is FC(F)(F)Oc1ccccc1-c1noc(C2CC2)c1COC1C[C@H]2CC[C@@H](C1)N2. The van der Waals surface area contributed by atoms with Crippen LogP contribution < -0.4 is 10.1 Å². The minimum Gasteiger partial charge on any atom is -0.405 e. The van der Waals surface area contributed by atoms with E-state index in [4.69, 9.17) is 9.26 Å². The molecule has 156 valence electrons. The fourth-order valence-corrected chi connectivity index (χ4v) is 4.56. The lowest BCUT2D eigenvalue weighted by Crippen LogP contribution is -2.41. The van der Waals surface area contributed by atoms with Crippen LogP contribution in [0.2, 0.25) is 0 Å². The highest BCUT2D eigenvalue weighted by Gasteiger charge is 2.37. The number of aromatic nitrogens is 1. The fourth-order valence-electron chi connectivity index (χ4n) is 4.56. The van der Waals surface area contributed by atoms with Crippen LogP contribution in [0.5, 0.6) is 5.75 Å². The molecule has 5 nitrogen and oxygen atoms in total. The normalized spacial score (nSPS) is 26.7. The maximum Gasteiger partial charge on any atom is 0.573 e. The molecule has 1 aromatic heterocycles. The summed E-state index contributed by atoms with van der Waals surface area (Å²) in [5, 5.41) is 7.72. The highest BCUT2D eigenvalue weighted by Crippen LogP contribution is 2.46. The Bertz CT molecular complexity index is 866. The predicted molar refractivity (Wildman–Crippen MR) is 98.4 cm³/mol. The van der Waals surface area contributed by atoms with Gasteiger partial charge in [-0.15, -0.1) is 13.2 Å². The van der Waals surface area contributed by atoms with Crippen molar-refractivity contribution < 1.29 is 27.2 Å². The van der Waals surface area contributed by atoms with E-state index in [1.807, 2.05) is 0 Å². The average molecular weight is 408 g/mol. The number of piperidine rings is 1. The van der Waals surface area contributed by atoms with Gasteiger partial charge in [-0.25, -0.2) is 0 Å². The lowest BCUT2D eigenvalue weighted by molar-refractivity contribution is -0.274. The van der Waals surface area contributed by atoms with Gasteiger partial charge in [0.15, 0.2) is 0 Å². The summed E-state index contributed by atoms with van der Waals surface area (Å²) in [6.07, 6.45) is 1.65. The number of alkyl halides is 3. The molecule has 0 spiro atoms. The molecule has 1 aliphatic carbocycles. The average Bonchev–Trinajstić information content (AvgIpc) is 3.35.